The number of carbonyl (C=O) groups excluding carboxylic acids is 2. The highest BCUT2D eigenvalue weighted by Gasteiger charge is 2.28. The van der Waals surface area contributed by atoms with Crippen LogP contribution in [0.1, 0.15) is 27.5 Å². The number of aromatic nitrogens is 2. The van der Waals surface area contributed by atoms with Crippen LogP contribution in [-0.2, 0) is 15.9 Å². The van der Waals surface area contributed by atoms with E-state index in [9.17, 15) is 14.0 Å². The van der Waals surface area contributed by atoms with Crippen LogP contribution in [0.25, 0.3) is 16.9 Å². The highest BCUT2D eigenvalue weighted by molar-refractivity contribution is 7.16. The number of amides is 2. The van der Waals surface area contributed by atoms with Crippen molar-refractivity contribution in [3.8, 4) is 11.3 Å². The highest BCUT2D eigenvalue weighted by atomic mass is 35.5. The van der Waals surface area contributed by atoms with Crippen LogP contribution in [0.15, 0.2) is 36.5 Å². The summed E-state index contributed by atoms with van der Waals surface area (Å²) in [5.74, 6) is 3.95. The summed E-state index contributed by atoms with van der Waals surface area (Å²) < 4.78 is 26.6. The smallest absolute Gasteiger partial charge is 0.409 e. The Morgan fingerprint density at radius 1 is 1.40 bits per heavy atom. The van der Waals surface area contributed by atoms with Crippen molar-refractivity contribution in [2.45, 2.75) is 18.4 Å². The van der Waals surface area contributed by atoms with Gasteiger partial charge in [-0.1, -0.05) is 26.9 Å². The Labute approximate surface area is 209 Å². The average molecular weight is 522 g/mol. The summed E-state index contributed by atoms with van der Waals surface area (Å²) in [5.41, 5.74) is 3.30. The number of halogens is 2. The van der Waals surface area contributed by atoms with Gasteiger partial charge in [-0.05, 0) is 29.8 Å². The minimum atomic E-state index is -1.24. The molecule has 1 aromatic carbocycles. The minimum absolute atomic E-state index is 0.317. The zero-order chi connectivity index (χ0) is 25.3. The fourth-order valence-corrected chi connectivity index (χ4v) is 4.57. The summed E-state index contributed by atoms with van der Waals surface area (Å²) in [6.45, 7) is 1.16. The van der Waals surface area contributed by atoms with E-state index in [4.69, 9.17) is 31.9 Å². The summed E-state index contributed by atoms with van der Waals surface area (Å²) in [7, 11) is 4.92. The molecule has 12 heteroatoms. The first kappa shape index (κ1) is 25.3. The Balaban J connectivity index is 1.77. The van der Waals surface area contributed by atoms with E-state index in [0.29, 0.717) is 59.2 Å². The molecule has 0 spiro atoms. The number of pyridine rings is 1. The minimum Gasteiger partial charge on any atom is -0.453 e. The van der Waals surface area contributed by atoms with Gasteiger partial charge in [0.05, 0.1) is 42.8 Å². The predicted molar refractivity (Wildman–Crippen MR) is 133 cm³/mol. The molecule has 4 rings (SSSR count). The lowest BCUT2D eigenvalue weighted by Gasteiger charge is -2.32. The number of nitrogens with two attached hydrogens (primary N) is 1. The Morgan fingerprint density at radius 2 is 2.17 bits per heavy atom. The molecular weight excluding hydrogens is 496 g/mol. The van der Waals surface area contributed by atoms with Gasteiger partial charge in [0.2, 0.25) is 0 Å². The van der Waals surface area contributed by atoms with Gasteiger partial charge >= 0.3 is 6.09 Å². The summed E-state index contributed by atoms with van der Waals surface area (Å²) >= 11 is 6.60. The molecule has 2 unspecified atom stereocenters. The number of fused-ring (bicyclic) bond motifs is 1. The zero-order valence-electron chi connectivity index (χ0n) is 19.3. The molecule has 1 saturated heterocycles. The van der Waals surface area contributed by atoms with Crippen molar-refractivity contribution >= 4 is 38.5 Å². The van der Waals surface area contributed by atoms with Gasteiger partial charge in [0, 0.05) is 37.3 Å². The van der Waals surface area contributed by atoms with E-state index in [0.717, 1.165) is 10.7 Å². The van der Waals surface area contributed by atoms with Gasteiger partial charge in [-0.3, -0.25) is 9.80 Å². The van der Waals surface area contributed by atoms with E-state index in [2.05, 4.69) is 9.24 Å². The molecule has 2 N–H and O–H groups in total. The first-order valence-electron chi connectivity index (χ1n) is 10.9. The molecule has 1 fully saturated rings. The lowest BCUT2D eigenvalue weighted by Crippen LogP contribution is -2.46. The van der Waals surface area contributed by atoms with Crippen LogP contribution in [0.4, 0.5) is 9.18 Å². The SMILES string of the molecule is COC(=O)N1CCO[C@@H](Cc2c(-c3ccc(C(=O)N(C)N)cc3Cl)nc3cc(C(F)P)ccn23)C1. The number of ether oxygens (including phenoxy) is 2. The monoisotopic (exact) mass is 521 g/mol. The van der Waals surface area contributed by atoms with Crippen molar-refractivity contribution in [2.75, 3.05) is 33.9 Å². The van der Waals surface area contributed by atoms with Crippen molar-refractivity contribution in [1.29, 1.82) is 0 Å². The van der Waals surface area contributed by atoms with Gasteiger partial charge in [-0.2, -0.15) is 0 Å². The molecular formula is C23H26ClFN5O4P. The highest BCUT2D eigenvalue weighted by Crippen LogP contribution is 2.34. The van der Waals surface area contributed by atoms with Crippen molar-refractivity contribution in [3.63, 3.8) is 0 Å². The van der Waals surface area contributed by atoms with E-state index in [1.807, 2.05) is 4.40 Å². The second kappa shape index (κ2) is 10.5. The Hall–Kier alpha value is -2.78. The number of alkyl halides is 1. The number of benzene rings is 1. The summed E-state index contributed by atoms with van der Waals surface area (Å²) in [5, 5.41) is 1.30. The molecule has 186 valence electrons. The number of hydrogen-bond acceptors (Lipinski definition) is 6. The van der Waals surface area contributed by atoms with Gasteiger partial charge in [0.1, 0.15) is 11.6 Å². The Kier molecular flexibility index (Phi) is 7.56. The largest absolute Gasteiger partial charge is 0.453 e. The number of hydrazine groups is 1. The predicted octanol–water partition coefficient (Wildman–Crippen LogP) is 3.45. The van der Waals surface area contributed by atoms with Gasteiger partial charge in [0.25, 0.3) is 5.91 Å². The molecule has 2 amide bonds. The van der Waals surface area contributed by atoms with Crippen LogP contribution >= 0.6 is 20.8 Å². The van der Waals surface area contributed by atoms with Crippen molar-refractivity contribution < 1.29 is 23.5 Å². The van der Waals surface area contributed by atoms with E-state index < -0.39 is 12.0 Å². The number of hydrogen-bond donors (Lipinski definition) is 1. The van der Waals surface area contributed by atoms with Crippen molar-refractivity contribution in [3.05, 3.63) is 58.4 Å². The number of morpholine rings is 1. The zero-order valence-corrected chi connectivity index (χ0v) is 21.2. The number of methoxy groups -OCH3 is 1. The van der Waals surface area contributed by atoms with Crippen molar-refractivity contribution in [1.82, 2.24) is 19.3 Å². The van der Waals surface area contributed by atoms with Gasteiger partial charge in [-0.25, -0.2) is 20.0 Å². The summed E-state index contributed by atoms with van der Waals surface area (Å²) in [6, 6.07) is 8.23. The van der Waals surface area contributed by atoms with Crippen LogP contribution < -0.4 is 5.84 Å². The first-order valence-corrected chi connectivity index (χ1v) is 11.9. The fraction of sp³-hybridized carbons (Fsp3) is 0.348. The standard InChI is InChI=1S/C23H26ClFN5O4P/c1-28(26)22(31)14-3-4-16(17(24)9-14)20-18(11-15-12-29(7-8-34-15)23(32)33-2)30-6-5-13(21(25)35)10-19(30)27-20/h3-6,9-10,15,21H,7-8,11-12,26,35H2,1-2H3/t15-,21?/m0/s1. The van der Waals surface area contributed by atoms with E-state index >= 15 is 0 Å². The molecule has 9 nitrogen and oxygen atoms in total. The molecule has 0 radical (unpaired) electrons. The van der Waals surface area contributed by atoms with Crippen LogP contribution in [0.3, 0.4) is 0 Å². The van der Waals surface area contributed by atoms with Crippen LogP contribution in [0, 0.1) is 0 Å². The third kappa shape index (κ3) is 5.26. The molecule has 35 heavy (non-hydrogen) atoms. The van der Waals surface area contributed by atoms with Gasteiger partial charge in [-0.15, -0.1) is 0 Å². The molecule has 1 aliphatic rings. The maximum absolute atomic E-state index is 14.0. The molecule has 0 aliphatic carbocycles. The molecule has 3 atom stereocenters. The van der Waals surface area contributed by atoms with E-state index in [-0.39, 0.29) is 12.0 Å². The van der Waals surface area contributed by atoms with Crippen molar-refractivity contribution in [2.24, 2.45) is 5.84 Å². The summed E-state index contributed by atoms with van der Waals surface area (Å²) in [6.07, 6.45) is 1.43. The molecule has 2 aromatic heterocycles. The van der Waals surface area contributed by atoms with Crippen LogP contribution in [-0.4, -0.2) is 71.3 Å². The molecule has 0 bridgehead atoms. The average Bonchev–Trinajstić information content (AvgIpc) is 3.20. The summed E-state index contributed by atoms with van der Waals surface area (Å²) in [4.78, 5) is 30.6. The van der Waals surface area contributed by atoms with Crippen LogP contribution in [0.2, 0.25) is 5.02 Å². The molecule has 1 aliphatic heterocycles. The van der Waals surface area contributed by atoms with E-state index in [1.54, 1.807) is 35.4 Å². The number of carbonyl (C=O) groups is 2. The van der Waals surface area contributed by atoms with Crippen LogP contribution in [0.5, 0.6) is 0 Å². The molecule has 0 saturated carbocycles. The van der Waals surface area contributed by atoms with Gasteiger partial charge in [0.15, 0.2) is 0 Å². The maximum Gasteiger partial charge on any atom is 0.409 e. The Bertz CT molecular complexity index is 1270. The lowest BCUT2D eigenvalue weighted by molar-refractivity contribution is -0.0241. The third-order valence-electron chi connectivity index (χ3n) is 5.85. The maximum atomic E-state index is 14.0. The Morgan fingerprint density at radius 3 is 2.83 bits per heavy atom. The first-order chi connectivity index (χ1) is 16.7. The van der Waals surface area contributed by atoms with Gasteiger partial charge < -0.3 is 18.8 Å². The number of nitrogens with zero attached hydrogens (tertiary/aromatic N) is 4. The normalized spacial score (nSPS) is 16.9. The second-order valence-corrected chi connectivity index (χ2v) is 9.21. The topological polar surface area (TPSA) is 102 Å². The second-order valence-electron chi connectivity index (χ2n) is 8.22. The fourth-order valence-electron chi connectivity index (χ4n) is 4.09. The molecule has 3 heterocycles. The third-order valence-corrected chi connectivity index (χ3v) is 6.55. The van der Waals surface area contributed by atoms with E-state index in [1.165, 1.54) is 20.2 Å². The number of rotatable bonds is 5. The molecule has 3 aromatic rings. The quantitative estimate of drug-likeness (QED) is 0.239. The lowest BCUT2D eigenvalue weighted by atomic mass is 10.0. The number of imidazole rings is 1.